The van der Waals surface area contributed by atoms with E-state index < -0.39 is 0 Å². The standard InChI is InChI=1S/C20H18ClN3O4/c1-26-15-7-8-16(17(10-15)27-2)19-22-20(28-23-19)12-9-18(25)24(11-12)14-5-3-13(21)4-6-14/h3-8,10,12H,9,11H2,1-2H3/t12-/m0/s1. The van der Waals surface area contributed by atoms with Crippen molar-refractivity contribution in [1.82, 2.24) is 10.1 Å². The summed E-state index contributed by atoms with van der Waals surface area (Å²) in [6.45, 7) is 0.474. The zero-order chi connectivity index (χ0) is 19.7. The van der Waals surface area contributed by atoms with Crippen molar-refractivity contribution in [2.75, 3.05) is 25.7 Å². The fourth-order valence-corrected chi connectivity index (χ4v) is 3.36. The van der Waals surface area contributed by atoms with E-state index in [1.165, 1.54) is 0 Å². The third kappa shape index (κ3) is 3.41. The highest BCUT2D eigenvalue weighted by molar-refractivity contribution is 6.30. The maximum absolute atomic E-state index is 12.5. The first-order valence-corrected chi connectivity index (χ1v) is 9.08. The minimum atomic E-state index is -0.173. The van der Waals surface area contributed by atoms with E-state index in [4.69, 9.17) is 25.6 Å². The molecule has 1 amide bonds. The number of aromatic nitrogens is 2. The van der Waals surface area contributed by atoms with Gasteiger partial charge < -0.3 is 18.9 Å². The molecule has 0 spiro atoms. The van der Waals surface area contributed by atoms with E-state index in [9.17, 15) is 4.79 Å². The first-order chi connectivity index (χ1) is 13.6. The average molecular weight is 400 g/mol. The molecule has 4 rings (SSSR count). The predicted molar refractivity (Wildman–Crippen MR) is 104 cm³/mol. The number of hydrogen-bond acceptors (Lipinski definition) is 6. The fraction of sp³-hybridized carbons (Fsp3) is 0.250. The van der Waals surface area contributed by atoms with Crippen molar-refractivity contribution in [3.63, 3.8) is 0 Å². The second-order valence-corrected chi connectivity index (χ2v) is 6.84. The van der Waals surface area contributed by atoms with Gasteiger partial charge in [0.15, 0.2) is 0 Å². The van der Waals surface area contributed by atoms with Crippen molar-refractivity contribution in [3.05, 3.63) is 53.4 Å². The summed E-state index contributed by atoms with van der Waals surface area (Å²) in [6, 6.07) is 12.5. The molecule has 0 saturated carbocycles. The fourth-order valence-electron chi connectivity index (χ4n) is 3.24. The highest BCUT2D eigenvalue weighted by Crippen LogP contribution is 2.35. The van der Waals surface area contributed by atoms with E-state index >= 15 is 0 Å². The van der Waals surface area contributed by atoms with Crippen LogP contribution in [0.2, 0.25) is 5.02 Å². The van der Waals surface area contributed by atoms with Gasteiger partial charge >= 0.3 is 0 Å². The van der Waals surface area contributed by atoms with Crippen molar-refractivity contribution in [2.24, 2.45) is 0 Å². The highest BCUT2D eigenvalue weighted by atomic mass is 35.5. The molecule has 8 heteroatoms. The van der Waals surface area contributed by atoms with Crippen LogP contribution < -0.4 is 14.4 Å². The van der Waals surface area contributed by atoms with E-state index in [2.05, 4.69) is 10.1 Å². The molecule has 1 aromatic heterocycles. The molecule has 0 radical (unpaired) electrons. The topological polar surface area (TPSA) is 77.7 Å². The van der Waals surface area contributed by atoms with Gasteiger partial charge in [-0.25, -0.2) is 0 Å². The largest absolute Gasteiger partial charge is 0.497 e. The van der Waals surface area contributed by atoms with Crippen molar-refractivity contribution >= 4 is 23.2 Å². The number of anilines is 1. The first kappa shape index (κ1) is 18.3. The zero-order valence-electron chi connectivity index (χ0n) is 15.4. The first-order valence-electron chi connectivity index (χ1n) is 8.71. The Morgan fingerprint density at radius 1 is 1.14 bits per heavy atom. The van der Waals surface area contributed by atoms with Gasteiger partial charge in [-0.3, -0.25) is 4.79 Å². The highest BCUT2D eigenvalue weighted by Gasteiger charge is 2.35. The number of hydrogen-bond donors (Lipinski definition) is 0. The lowest BCUT2D eigenvalue weighted by molar-refractivity contribution is -0.117. The Bertz CT molecular complexity index is 1000. The van der Waals surface area contributed by atoms with E-state index in [1.54, 1.807) is 43.4 Å². The summed E-state index contributed by atoms with van der Waals surface area (Å²) in [5.74, 6) is 1.92. The molecule has 1 fully saturated rings. The summed E-state index contributed by atoms with van der Waals surface area (Å²) >= 11 is 5.93. The molecule has 1 saturated heterocycles. The molecule has 0 unspecified atom stereocenters. The quantitative estimate of drug-likeness (QED) is 0.647. The van der Waals surface area contributed by atoms with E-state index in [0.29, 0.717) is 46.8 Å². The predicted octanol–water partition coefficient (Wildman–Crippen LogP) is 3.93. The molecular weight excluding hydrogens is 382 g/mol. The molecule has 2 aromatic carbocycles. The number of carbonyl (C=O) groups is 1. The van der Waals surface area contributed by atoms with Crippen LogP contribution >= 0.6 is 11.6 Å². The third-order valence-electron chi connectivity index (χ3n) is 4.70. The number of benzene rings is 2. The molecule has 28 heavy (non-hydrogen) atoms. The smallest absolute Gasteiger partial charge is 0.232 e. The summed E-state index contributed by atoms with van der Waals surface area (Å²) in [5, 5.41) is 4.70. The monoisotopic (exact) mass is 399 g/mol. The van der Waals surface area contributed by atoms with Crippen LogP contribution in [-0.4, -0.2) is 36.8 Å². The molecule has 0 N–H and O–H groups in total. The molecule has 0 aliphatic carbocycles. The maximum atomic E-state index is 12.5. The average Bonchev–Trinajstić information content (AvgIpc) is 3.35. The lowest BCUT2D eigenvalue weighted by Crippen LogP contribution is -2.24. The Balaban J connectivity index is 1.57. The summed E-state index contributed by atoms with van der Waals surface area (Å²) in [6.07, 6.45) is 0.310. The van der Waals surface area contributed by atoms with Crippen LogP contribution in [0.15, 0.2) is 47.0 Å². The lowest BCUT2D eigenvalue weighted by Gasteiger charge is -2.15. The molecular formula is C20H18ClN3O4. The number of nitrogens with zero attached hydrogens (tertiary/aromatic N) is 3. The van der Waals surface area contributed by atoms with Gasteiger partial charge in [0.25, 0.3) is 0 Å². The summed E-state index contributed by atoms with van der Waals surface area (Å²) in [4.78, 5) is 18.7. The van der Waals surface area contributed by atoms with Crippen LogP contribution in [0.4, 0.5) is 5.69 Å². The Morgan fingerprint density at radius 3 is 2.64 bits per heavy atom. The van der Waals surface area contributed by atoms with Crippen LogP contribution in [-0.2, 0) is 4.79 Å². The molecule has 7 nitrogen and oxygen atoms in total. The summed E-state index contributed by atoms with van der Waals surface area (Å²) < 4.78 is 16.1. The molecule has 2 heterocycles. The minimum Gasteiger partial charge on any atom is -0.497 e. The number of halogens is 1. The second kappa shape index (κ2) is 7.52. The molecule has 1 atom stereocenters. The molecule has 3 aromatic rings. The van der Waals surface area contributed by atoms with Crippen molar-refractivity contribution in [1.29, 1.82) is 0 Å². The third-order valence-corrected chi connectivity index (χ3v) is 4.96. The van der Waals surface area contributed by atoms with Crippen molar-refractivity contribution in [3.8, 4) is 22.9 Å². The van der Waals surface area contributed by atoms with Crippen molar-refractivity contribution < 1.29 is 18.8 Å². The molecule has 0 bridgehead atoms. The number of rotatable bonds is 5. The number of ether oxygens (including phenoxy) is 2. The van der Waals surface area contributed by atoms with Gasteiger partial charge in [0.1, 0.15) is 11.5 Å². The van der Waals surface area contributed by atoms with Gasteiger partial charge in [0.2, 0.25) is 17.6 Å². The summed E-state index contributed by atoms with van der Waals surface area (Å²) in [5.41, 5.74) is 1.49. The SMILES string of the molecule is COc1ccc(-c2noc([C@H]3CC(=O)N(c4ccc(Cl)cc4)C3)n2)c(OC)c1. The maximum Gasteiger partial charge on any atom is 0.232 e. The lowest BCUT2D eigenvalue weighted by atomic mass is 10.1. The van der Waals surface area contributed by atoms with Crippen LogP contribution in [0.5, 0.6) is 11.5 Å². The normalized spacial score (nSPS) is 16.5. The number of methoxy groups -OCH3 is 2. The summed E-state index contributed by atoms with van der Waals surface area (Å²) in [7, 11) is 3.16. The number of amides is 1. The van der Waals surface area contributed by atoms with E-state index in [1.807, 2.05) is 18.2 Å². The Hall–Kier alpha value is -3.06. The van der Waals surface area contributed by atoms with Crippen LogP contribution in [0.25, 0.3) is 11.4 Å². The zero-order valence-corrected chi connectivity index (χ0v) is 16.1. The van der Waals surface area contributed by atoms with Crippen LogP contribution in [0.3, 0.4) is 0 Å². The van der Waals surface area contributed by atoms with Gasteiger partial charge in [-0.05, 0) is 36.4 Å². The van der Waals surface area contributed by atoms with Crippen molar-refractivity contribution in [2.45, 2.75) is 12.3 Å². The Kier molecular flexibility index (Phi) is 4.92. The molecule has 144 valence electrons. The van der Waals surface area contributed by atoms with E-state index in [0.717, 1.165) is 5.69 Å². The van der Waals surface area contributed by atoms with Crippen LogP contribution in [0, 0.1) is 0 Å². The van der Waals surface area contributed by atoms with Gasteiger partial charge in [0.05, 0.1) is 25.7 Å². The van der Waals surface area contributed by atoms with Gasteiger partial charge in [-0.15, -0.1) is 0 Å². The molecule has 1 aliphatic rings. The van der Waals surface area contributed by atoms with Gasteiger partial charge in [0, 0.05) is 29.7 Å². The van der Waals surface area contributed by atoms with Gasteiger partial charge in [-0.2, -0.15) is 4.98 Å². The Labute approximate surface area is 166 Å². The molecule has 1 aliphatic heterocycles. The van der Waals surface area contributed by atoms with Gasteiger partial charge in [-0.1, -0.05) is 16.8 Å². The Morgan fingerprint density at radius 2 is 1.93 bits per heavy atom. The number of carbonyl (C=O) groups excluding carboxylic acids is 1. The minimum absolute atomic E-state index is 0.00843. The van der Waals surface area contributed by atoms with E-state index in [-0.39, 0.29) is 11.8 Å². The second-order valence-electron chi connectivity index (χ2n) is 6.40. The van der Waals surface area contributed by atoms with Crippen LogP contribution in [0.1, 0.15) is 18.2 Å².